The van der Waals surface area contributed by atoms with E-state index in [2.05, 4.69) is 10.3 Å². The van der Waals surface area contributed by atoms with Crippen LogP contribution in [0.4, 0.5) is 10.8 Å². The second-order valence-electron chi connectivity index (χ2n) is 5.64. The van der Waals surface area contributed by atoms with Crippen molar-refractivity contribution in [1.29, 1.82) is 0 Å². The molecule has 25 heavy (non-hydrogen) atoms. The molecule has 1 atom stereocenters. The van der Waals surface area contributed by atoms with E-state index in [1.807, 2.05) is 19.1 Å². The van der Waals surface area contributed by atoms with Crippen molar-refractivity contribution in [3.05, 3.63) is 53.6 Å². The van der Waals surface area contributed by atoms with Crippen LogP contribution in [-0.4, -0.2) is 23.0 Å². The fraction of sp³-hybridized carbons (Fsp3) is 0.167. The van der Waals surface area contributed by atoms with Crippen molar-refractivity contribution in [3.63, 3.8) is 0 Å². The second-order valence-corrected chi connectivity index (χ2v) is 6.70. The minimum atomic E-state index is -0.920. The number of nitrogen functional groups attached to an aromatic ring is 1. The van der Waals surface area contributed by atoms with Gasteiger partial charge in [0.25, 0.3) is 5.91 Å². The first-order valence-corrected chi connectivity index (χ1v) is 8.48. The minimum Gasteiger partial charge on any atom is -0.449 e. The minimum absolute atomic E-state index is 0.353. The summed E-state index contributed by atoms with van der Waals surface area (Å²) in [6, 6.07) is 12.3. The summed E-state index contributed by atoms with van der Waals surface area (Å²) < 4.78 is 6.05. The number of amides is 1. The van der Waals surface area contributed by atoms with Gasteiger partial charge in [0.1, 0.15) is 0 Å². The van der Waals surface area contributed by atoms with Crippen molar-refractivity contribution in [1.82, 2.24) is 4.98 Å². The van der Waals surface area contributed by atoms with E-state index in [1.54, 1.807) is 30.3 Å². The Bertz CT molecular complexity index is 934. The summed E-state index contributed by atoms with van der Waals surface area (Å²) in [5, 5.41) is 3.15. The van der Waals surface area contributed by atoms with Crippen LogP contribution in [0.1, 0.15) is 22.8 Å². The molecule has 2 aromatic carbocycles. The molecule has 128 valence electrons. The highest BCUT2D eigenvalue weighted by atomic mass is 32.1. The van der Waals surface area contributed by atoms with E-state index in [0.29, 0.717) is 16.4 Å². The molecular weight excluding hydrogens is 338 g/mol. The largest absolute Gasteiger partial charge is 0.449 e. The summed E-state index contributed by atoms with van der Waals surface area (Å²) in [5.41, 5.74) is 8.48. The summed E-state index contributed by atoms with van der Waals surface area (Å²) in [5.74, 6) is -0.958. The molecule has 7 heteroatoms. The van der Waals surface area contributed by atoms with E-state index in [0.717, 1.165) is 15.8 Å². The van der Waals surface area contributed by atoms with Crippen LogP contribution in [0.2, 0.25) is 0 Å². The maximum absolute atomic E-state index is 12.3. The van der Waals surface area contributed by atoms with E-state index >= 15 is 0 Å². The van der Waals surface area contributed by atoms with Gasteiger partial charge in [-0.3, -0.25) is 4.79 Å². The number of carbonyl (C=O) groups excluding carboxylic acids is 2. The number of rotatable bonds is 4. The highest BCUT2D eigenvalue weighted by molar-refractivity contribution is 7.22. The third kappa shape index (κ3) is 3.95. The van der Waals surface area contributed by atoms with E-state index in [1.165, 1.54) is 18.3 Å². The van der Waals surface area contributed by atoms with Crippen molar-refractivity contribution in [3.8, 4) is 0 Å². The molecule has 0 aliphatic heterocycles. The van der Waals surface area contributed by atoms with Gasteiger partial charge in [0.2, 0.25) is 0 Å². The lowest BCUT2D eigenvalue weighted by molar-refractivity contribution is -0.123. The van der Waals surface area contributed by atoms with Gasteiger partial charge < -0.3 is 15.8 Å². The zero-order valence-corrected chi connectivity index (χ0v) is 14.6. The highest BCUT2D eigenvalue weighted by Crippen LogP contribution is 2.25. The average Bonchev–Trinajstić information content (AvgIpc) is 2.95. The number of aryl methyl sites for hydroxylation is 1. The number of carbonyl (C=O) groups is 2. The first-order valence-electron chi connectivity index (χ1n) is 7.67. The Hall–Kier alpha value is -2.93. The van der Waals surface area contributed by atoms with Gasteiger partial charge in [-0.05, 0) is 44.2 Å². The van der Waals surface area contributed by atoms with Crippen LogP contribution in [0.15, 0.2) is 42.5 Å². The number of ether oxygens (including phenoxy) is 1. The fourth-order valence-electron chi connectivity index (χ4n) is 2.23. The molecule has 0 saturated heterocycles. The number of thiazole rings is 1. The molecule has 0 spiro atoms. The predicted octanol–water partition coefficient (Wildman–Crippen LogP) is 3.37. The number of esters is 1. The first kappa shape index (κ1) is 16.9. The smallest absolute Gasteiger partial charge is 0.338 e. The Labute approximate surface area is 148 Å². The Morgan fingerprint density at radius 1 is 1.20 bits per heavy atom. The molecule has 3 aromatic rings. The average molecular weight is 355 g/mol. The van der Waals surface area contributed by atoms with Crippen molar-refractivity contribution >= 4 is 44.2 Å². The SMILES string of the molecule is Cc1ccc(NC(=O)C(C)OC(=O)c2ccc3nc(N)sc3c2)cc1. The van der Waals surface area contributed by atoms with Crippen molar-refractivity contribution in [2.45, 2.75) is 20.0 Å². The Morgan fingerprint density at radius 3 is 2.64 bits per heavy atom. The molecule has 1 unspecified atom stereocenters. The van der Waals surface area contributed by atoms with E-state index in [4.69, 9.17) is 10.5 Å². The lowest BCUT2D eigenvalue weighted by Crippen LogP contribution is -2.30. The van der Waals surface area contributed by atoms with Gasteiger partial charge in [0.15, 0.2) is 11.2 Å². The number of fused-ring (bicyclic) bond motifs is 1. The molecule has 0 bridgehead atoms. The maximum atomic E-state index is 12.3. The number of nitrogens with two attached hydrogens (primary N) is 1. The van der Waals surface area contributed by atoms with E-state index in [-0.39, 0.29) is 5.91 Å². The zero-order valence-electron chi connectivity index (χ0n) is 13.8. The normalized spacial score (nSPS) is 11.9. The molecule has 3 rings (SSSR count). The fourth-order valence-corrected chi connectivity index (χ4v) is 3.01. The van der Waals surface area contributed by atoms with E-state index < -0.39 is 12.1 Å². The third-order valence-corrected chi connectivity index (χ3v) is 4.46. The quantitative estimate of drug-likeness (QED) is 0.700. The predicted molar refractivity (Wildman–Crippen MR) is 98.7 cm³/mol. The molecule has 0 saturated carbocycles. The highest BCUT2D eigenvalue weighted by Gasteiger charge is 2.19. The first-order chi connectivity index (χ1) is 11.9. The summed E-state index contributed by atoms with van der Waals surface area (Å²) in [6.07, 6.45) is -0.920. The van der Waals surface area contributed by atoms with Gasteiger partial charge in [-0.2, -0.15) is 0 Å². The molecule has 1 amide bonds. The van der Waals surface area contributed by atoms with Gasteiger partial charge in [-0.25, -0.2) is 9.78 Å². The van der Waals surface area contributed by atoms with Gasteiger partial charge in [0.05, 0.1) is 15.8 Å². The van der Waals surface area contributed by atoms with Crippen molar-refractivity contribution < 1.29 is 14.3 Å². The van der Waals surface area contributed by atoms with Gasteiger partial charge in [0, 0.05) is 5.69 Å². The lowest BCUT2D eigenvalue weighted by atomic mass is 10.2. The summed E-state index contributed by atoms with van der Waals surface area (Å²) in [4.78, 5) is 28.6. The monoisotopic (exact) mass is 355 g/mol. The molecule has 0 fully saturated rings. The molecule has 1 aromatic heterocycles. The lowest BCUT2D eigenvalue weighted by Gasteiger charge is -2.13. The molecule has 0 aliphatic rings. The standard InChI is InChI=1S/C18H17N3O3S/c1-10-3-6-13(7-4-10)20-16(22)11(2)24-17(23)12-5-8-14-15(9-12)25-18(19)21-14/h3-9,11H,1-2H3,(H2,19,21)(H,20,22). The van der Waals surface area contributed by atoms with Gasteiger partial charge in [-0.1, -0.05) is 29.0 Å². The number of anilines is 2. The van der Waals surface area contributed by atoms with E-state index in [9.17, 15) is 9.59 Å². The third-order valence-electron chi connectivity index (χ3n) is 3.61. The summed E-state index contributed by atoms with van der Waals surface area (Å²) in [6.45, 7) is 3.49. The van der Waals surface area contributed by atoms with Gasteiger partial charge in [-0.15, -0.1) is 0 Å². The maximum Gasteiger partial charge on any atom is 0.338 e. The van der Waals surface area contributed by atoms with Crippen LogP contribution in [-0.2, 0) is 9.53 Å². The van der Waals surface area contributed by atoms with Crippen LogP contribution in [0, 0.1) is 6.92 Å². The Morgan fingerprint density at radius 2 is 1.92 bits per heavy atom. The molecule has 3 N–H and O–H groups in total. The van der Waals surface area contributed by atoms with Crippen LogP contribution in [0.3, 0.4) is 0 Å². The van der Waals surface area contributed by atoms with Crippen LogP contribution in [0.5, 0.6) is 0 Å². The van der Waals surface area contributed by atoms with Crippen molar-refractivity contribution in [2.24, 2.45) is 0 Å². The molecule has 6 nitrogen and oxygen atoms in total. The second kappa shape index (κ2) is 6.90. The summed E-state index contributed by atoms with van der Waals surface area (Å²) >= 11 is 1.29. The number of nitrogens with zero attached hydrogens (tertiary/aromatic N) is 1. The van der Waals surface area contributed by atoms with Crippen LogP contribution in [0.25, 0.3) is 10.2 Å². The molecular formula is C18H17N3O3S. The van der Waals surface area contributed by atoms with Crippen molar-refractivity contribution in [2.75, 3.05) is 11.1 Å². The number of benzene rings is 2. The molecule has 0 aliphatic carbocycles. The topological polar surface area (TPSA) is 94.3 Å². The van der Waals surface area contributed by atoms with Crippen LogP contribution < -0.4 is 11.1 Å². The number of aromatic nitrogens is 1. The van der Waals surface area contributed by atoms with Crippen LogP contribution >= 0.6 is 11.3 Å². The number of nitrogens with one attached hydrogen (secondary N) is 1. The Balaban J connectivity index is 1.65. The van der Waals surface area contributed by atoms with Gasteiger partial charge >= 0.3 is 5.97 Å². The Kier molecular flexibility index (Phi) is 4.67. The molecule has 1 heterocycles. The molecule has 0 radical (unpaired) electrons. The number of hydrogen-bond acceptors (Lipinski definition) is 6. The number of hydrogen-bond donors (Lipinski definition) is 2. The summed E-state index contributed by atoms with van der Waals surface area (Å²) in [7, 11) is 0. The zero-order chi connectivity index (χ0) is 18.0.